The molecule has 3 atom stereocenters. The third-order valence-corrected chi connectivity index (χ3v) is 6.03. The number of anilines is 1. The van der Waals surface area contributed by atoms with Gasteiger partial charge in [-0.05, 0) is 37.0 Å². The molecule has 1 saturated carbocycles. The van der Waals surface area contributed by atoms with E-state index < -0.39 is 34.0 Å². The molecule has 0 radical (unpaired) electrons. The van der Waals surface area contributed by atoms with Gasteiger partial charge in [0, 0.05) is 25.0 Å². The highest BCUT2D eigenvalue weighted by Gasteiger charge is 2.55. The van der Waals surface area contributed by atoms with Gasteiger partial charge >= 0.3 is 12.0 Å². The Morgan fingerprint density at radius 2 is 2.21 bits per heavy atom. The summed E-state index contributed by atoms with van der Waals surface area (Å²) in [6.45, 7) is 0.579. The van der Waals surface area contributed by atoms with Gasteiger partial charge in [0.1, 0.15) is 5.82 Å². The van der Waals surface area contributed by atoms with Crippen molar-refractivity contribution >= 4 is 28.5 Å². The van der Waals surface area contributed by atoms with Crippen LogP contribution < -0.4 is 5.32 Å². The first-order valence-corrected chi connectivity index (χ1v) is 9.31. The quantitative estimate of drug-likeness (QED) is 0.872. The van der Waals surface area contributed by atoms with Crippen molar-refractivity contribution in [2.24, 2.45) is 11.3 Å². The molecule has 1 aliphatic heterocycles. The lowest BCUT2D eigenvalue weighted by Gasteiger charge is -2.23. The number of benzene rings is 1. The first-order chi connectivity index (χ1) is 11.3. The summed E-state index contributed by atoms with van der Waals surface area (Å²) in [5, 5.41) is 12.1. The second kappa shape index (κ2) is 6.16. The van der Waals surface area contributed by atoms with Crippen LogP contribution >= 0.6 is 0 Å². The summed E-state index contributed by atoms with van der Waals surface area (Å²) in [4.78, 5) is 25.6. The fourth-order valence-corrected chi connectivity index (χ4v) is 4.40. The number of carboxylic acids is 1. The van der Waals surface area contributed by atoms with Gasteiger partial charge in [-0.15, -0.1) is 0 Å². The lowest BCUT2D eigenvalue weighted by atomic mass is 9.81. The van der Waals surface area contributed by atoms with E-state index in [2.05, 4.69) is 5.32 Å². The monoisotopic (exact) mass is 354 g/mol. The van der Waals surface area contributed by atoms with Crippen molar-refractivity contribution in [2.75, 3.05) is 24.7 Å². The molecule has 2 amide bonds. The third-order valence-electron chi connectivity index (χ3n) is 5.08. The first kappa shape index (κ1) is 16.9. The Hall–Kier alpha value is -1.96. The maximum absolute atomic E-state index is 13.8. The van der Waals surface area contributed by atoms with E-state index in [4.69, 9.17) is 0 Å². The standard InChI is InChI=1S/C16H19FN2O4S/c1-24(23)13-5-4-11(7-12(13)17)18-15(22)19-8-10-3-2-6-16(10,9-19)14(20)21/h4-5,7,10H,2-3,6,8-9H2,1H3,(H,18,22)(H,20,21)/t10-,16+,24?/m0/s1. The van der Waals surface area contributed by atoms with Crippen molar-refractivity contribution in [3.8, 4) is 0 Å². The SMILES string of the molecule is CS(=O)c1ccc(NC(=O)N2C[C@@H]3CCC[C@@]3(C(=O)O)C2)cc1F. The van der Waals surface area contributed by atoms with Crippen molar-refractivity contribution in [3.05, 3.63) is 24.0 Å². The van der Waals surface area contributed by atoms with Crippen LogP contribution in [0.5, 0.6) is 0 Å². The molecular formula is C16H19FN2O4S. The van der Waals surface area contributed by atoms with Crippen molar-refractivity contribution in [1.29, 1.82) is 0 Å². The number of carbonyl (C=O) groups is 2. The Bertz CT molecular complexity index is 726. The molecule has 0 spiro atoms. The van der Waals surface area contributed by atoms with Crippen LogP contribution in [0.1, 0.15) is 19.3 Å². The largest absolute Gasteiger partial charge is 0.481 e. The molecule has 3 rings (SSSR count). The van der Waals surface area contributed by atoms with E-state index in [-0.39, 0.29) is 23.0 Å². The number of carbonyl (C=O) groups excluding carboxylic acids is 1. The van der Waals surface area contributed by atoms with Gasteiger partial charge in [-0.1, -0.05) is 6.42 Å². The molecule has 6 nitrogen and oxygen atoms in total. The van der Waals surface area contributed by atoms with Crippen LogP contribution in [-0.4, -0.2) is 45.6 Å². The van der Waals surface area contributed by atoms with Crippen LogP contribution in [0.25, 0.3) is 0 Å². The van der Waals surface area contributed by atoms with Gasteiger partial charge in [0.05, 0.1) is 21.1 Å². The van der Waals surface area contributed by atoms with Gasteiger partial charge in [-0.25, -0.2) is 9.18 Å². The number of urea groups is 1. The van der Waals surface area contributed by atoms with E-state index in [0.717, 1.165) is 18.9 Å². The van der Waals surface area contributed by atoms with Crippen molar-refractivity contribution in [2.45, 2.75) is 24.2 Å². The molecule has 8 heteroatoms. The summed E-state index contributed by atoms with van der Waals surface area (Å²) in [5.74, 6) is -1.52. The van der Waals surface area contributed by atoms with Gasteiger partial charge in [0.15, 0.2) is 0 Å². The minimum absolute atomic E-state index is 0.0256. The van der Waals surface area contributed by atoms with E-state index in [1.807, 2.05) is 0 Å². The third kappa shape index (κ3) is 2.79. The zero-order valence-corrected chi connectivity index (χ0v) is 14.1. The zero-order valence-electron chi connectivity index (χ0n) is 13.3. The molecule has 1 saturated heterocycles. The Morgan fingerprint density at radius 3 is 2.79 bits per heavy atom. The molecule has 0 aromatic heterocycles. The van der Waals surface area contributed by atoms with Gasteiger partial charge in [0.25, 0.3) is 0 Å². The number of likely N-dealkylation sites (tertiary alicyclic amines) is 1. The highest BCUT2D eigenvalue weighted by Crippen LogP contribution is 2.48. The second-order valence-corrected chi connectivity index (χ2v) is 7.81. The topological polar surface area (TPSA) is 86.7 Å². The van der Waals surface area contributed by atoms with Crippen LogP contribution in [0.3, 0.4) is 0 Å². The molecule has 1 heterocycles. The van der Waals surface area contributed by atoms with Crippen molar-refractivity contribution < 1.29 is 23.3 Å². The fraction of sp³-hybridized carbons (Fsp3) is 0.500. The van der Waals surface area contributed by atoms with E-state index in [1.54, 1.807) is 0 Å². The fourth-order valence-electron chi connectivity index (χ4n) is 3.81. The highest BCUT2D eigenvalue weighted by atomic mass is 32.2. The summed E-state index contributed by atoms with van der Waals surface area (Å²) in [7, 11) is -1.44. The molecule has 24 heavy (non-hydrogen) atoms. The average molecular weight is 354 g/mol. The molecule has 2 N–H and O–H groups in total. The number of amides is 2. The van der Waals surface area contributed by atoms with Gasteiger partial charge in [0.2, 0.25) is 0 Å². The maximum atomic E-state index is 13.8. The van der Waals surface area contributed by atoms with E-state index in [1.165, 1.54) is 23.3 Å². The number of nitrogens with one attached hydrogen (secondary N) is 1. The molecule has 1 unspecified atom stereocenters. The van der Waals surface area contributed by atoms with Gasteiger partial charge < -0.3 is 15.3 Å². The van der Waals surface area contributed by atoms with Crippen molar-refractivity contribution in [3.63, 3.8) is 0 Å². The lowest BCUT2D eigenvalue weighted by molar-refractivity contribution is -0.149. The van der Waals surface area contributed by atoms with Crippen LogP contribution in [0.2, 0.25) is 0 Å². The molecule has 130 valence electrons. The second-order valence-electron chi connectivity index (χ2n) is 6.46. The smallest absolute Gasteiger partial charge is 0.321 e. The molecule has 1 aliphatic carbocycles. The average Bonchev–Trinajstić information content (AvgIpc) is 3.04. The number of carboxylic acid groups (broad SMARTS) is 1. The molecule has 1 aromatic rings. The Kier molecular flexibility index (Phi) is 4.33. The summed E-state index contributed by atoms with van der Waals surface area (Å²) >= 11 is 0. The summed E-state index contributed by atoms with van der Waals surface area (Å²) in [6.07, 6.45) is 3.64. The number of nitrogens with zero attached hydrogens (tertiary/aromatic N) is 1. The minimum atomic E-state index is -1.44. The van der Waals surface area contributed by atoms with E-state index >= 15 is 0 Å². The first-order valence-electron chi connectivity index (χ1n) is 7.76. The lowest BCUT2D eigenvalue weighted by Crippen LogP contribution is -2.38. The summed E-state index contributed by atoms with van der Waals surface area (Å²) < 4.78 is 25.2. The molecule has 0 bridgehead atoms. The predicted octanol–water partition coefficient (Wildman–Crippen LogP) is 2.28. The van der Waals surface area contributed by atoms with Crippen LogP contribution in [0.4, 0.5) is 14.9 Å². The van der Waals surface area contributed by atoms with Crippen LogP contribution in [0, 0.1) is 17.2 Å². The number of aliphatic carboxylic acids is 1. The number of hydrogen-bond acceptors (Lipinski definition) is 3. The normalized spacial score (nSPS) is 26.9. The molecule has 2 aliphatic rings. The number of hydrogen-bond donors (Lipinski definition) is 2. The molecule has 2 fully saturated rings. The Morgan fingerprint density at radius 1 is 1.46 bits per heavy atom. The molecular weight excluding hydrogens is 335 g/mol. The van der Waals surface area contributed by atoms with E-state index in [0.29, 0.717) is 13.0 Å². The summed E-state index contributed by atoms with van der Waals surface area (Å²) in [5.41, 5.74) is -0.584. The summed E-state index contributed by atoms with van der Waals surface area (Å²) in [6, 6.07) is 3.55. The van der Waals surface area contributed by atoms with Crippen molar-refractivity contribution in [1.82, 2.24) is 4.90 Å². The highest BCUT2D eigenvalue weighted by molar-refractivity contribution is 7.84. The van der Waals surface area contributed by atoms with Crippen LogP contribution in [-0.2, 0) is 15.6 Å². The number of fused-ring (bicyclic) bond motifs is 1. The maximum Gasteiger partial charge on any atom is 0.321 e. The number of halogens is 1. The molecule has 1 aromatic carbocycles. The Labute approximate surface area is 141 Å². The predicted molar refractivity (Wildman–Crippen MR) is 86.7 cm³/mol. The van der Waals surface area contributed by atoms with Gasteiger partial charge in [-0.2, -0.15) is 0 Å². The number of rotatable bonds is 3. The minimum Gasteiger partial charge on any atom is -0.481 e. The Balaban J connectivity index is 1.71. The van der Waals surface area contributed by atoms with E-state index in [9.17, 15) is 23.3 Å². The zero-order chi connectivity index (χ0) is 17.5. The van der Waals surface area contributed by atoms with Gasteiger partial charge in [-0.3, -0.25) is 9.00 Å². The van der Waals surface area contributed by atoms with Crippen LogP contribution in [0.15, 0.2) is 23.1 Å².